The third-order valence-corrected chi connectivity index (χ3v) is 3.59. The molecule has 1 N–H and O–H groups in total. The molecule has 4 nitrogen and oxygen atoms in total. The van der Waals surface area contributed by atoms with Gasteiger partial charge in [0.15, 0.2) is 5.76 Å². The molecule has 0 atom stereocenters. The first-order valence-electron chi connectivity index (χ1n) is 5.53. The van der Waals surface area contributed by atoms with Crippen molar-refractivity contribution in [2.75, 3.05) is 0 Å². The molecule has 1 aromatic carbocycles. The van der Waals surface area contributed by atoms with Gasteiger partial charge in [0.05, 0.1) is 17.8 Å². The van der Waals surface area contributed by atoms with Gasteiger partial charge in [-0.1, -0.05) is 17.3 Å². The van der Waals surface area contributed by atoms with Crippen LogP contribution in [0.5, 0.6) is 0 Å². The Labute approximate surface area is 113 Å². The van der Waals surface area contributed by atoms with Gasteiger partial charge in [-0.25, -0.2) is 0 Å². The molecule has 0 spiro atoms. The van der Waals surface area contributed by atoms with Crippen molar-refractivity contribution in [2.24, 2.45) is 0 Å². The third kappa shape index (κ3) is 2.79. The minimum Gasteiger partial charge on any atom is -0.359 e. The third-order valence-electron chi connectivity index (χ3n) is 2.54. The zero-order valence-corrected chi connectivity index (χ0v) is 11.7. The minimum absolute atomic E-state index is 0.139. The topological polar surface area (TPSA) is 55.1 Å². The number of benzene rings is 1. The molecular formula is C13H13BrN2O2. The molecule has 0 aliphatic heterocycles. The van der Waals surface area contributed by atoms with Gasteiger partial charge in [0.2, 0.25) is 0 Å². The summed E-state index contributed by atoms with van der Waals surface area (Å²) in [5.74, 6) is 0.504. The van der Waals surface area contributed by atoms with Crippen LogP contribution in [-0.4, -0.2) is 11.1 Å². The summed E-state index contributed by atoms with van der Waals surface area (Å²) < 4.78 is 5.84. The van der Waals surface area contributed by atoms with Crippen molar-refractivity contribution < 1.29 is 9.32 Å². The Morgan fingerprint density at radius 3 is 2.89 bits per heavy atom. The number of carbonyl (C=O) groups excluding carboxylic acids is 1. The molecular weight excluding hydrogens is 296 g/mol. The van der Waals surface area contributed by atoms with Gasteiger partial charge in [0, 0.05) is 10.5 Å². The smallest absolute Gasteiger partial charge is 0.252 e. The zero-order chi connectivity index (χ0) is 13.1. The molecule has 0 bridgehead atoms. The first-order valence-corrected chi connectivity index (χ1v) is 6.32. The Bertz CT molecular complexity index is 578. The van der Waals surface area contributed by atoms with E-state index in [0.717, 1.165) is 15.7 Å². The molecule has 0 fully saturated rings. The van der Waals surface area contributed by atoms with Crippen LogP contribution in [0.15, 0.2) is 33.3 Å². The molecule has 0 radical (unpaired) electrons. The zero-order valence-electron chi connectivity index (χ0n) is 10.2. The summed E-state index contributed by atoms with van der Waals surface area (Å²) in [6.45, 7) is 4.12. The van der Waals surface area contributed by atoms with E-state index >= 15 is 0 Å². The van der Waals surface area contributed by atoms with Crippen LogP contribution in [0.3, 0.4) is 0 Å². The lowest BCUT2D eigenvalue weighted by molar-refractivity contribution is 0.0946. The fraction of sp³-hybridized carbons (Fsp3) is 0.231. The van der Waals surface area contributed by atoms with Crippen molar-refractivity contribution in [3.05, 3.63) is 51.3 Å². The second kappa shape index (κ2) is 5.35. The fourth-order valence-corrected chi connectivity index (χ4v) is 2.03. The van der Waals surface area contributed by atoms with Crippen LogP contribution >= 0.6 is 15.9 Å². The lowest BCUT2D eigenvalue weighted by Crippen LogP contribution is -2.23. The van der Waals surface area contributed by atoms with Crippen molar-refractivity contribution in [3.63, 3.8) is 0 Å². The second-order valence-corrected chi connectivity index (χ2v) is 4.85. The summed E-state index contributed by atoms with van der Waals surface area (Å²) >= 11 is 3.41. The Balaban J connectivity index is 2.06. The average Bonchev–Trinajstić information content (AvgIpc) is 2.76. The lowest BCUT2D eigenvalue weighted by Gasteiger charge is -2.06. The summed E-state index contributed by atoms with van der Waals surface area (Å²) in [5, 5.41) is 6.56. The van der Waals surface area contributed by atoms with Crippen LogP contribution in [0.1, 0.15) is 27.4 Å². The van der Waals surface area contributed by atoms with E-state index in [1.54, 1.807) is 12.1 Å². The van der Waals surface area contributed by atoms with Gasteiger partial charge in [0.1, 0.15) is 0 Å². The SMILES string of the molecule is Cc1cc(CNC(=O)c2cccc(C)c2Br)on1. The number of nitrogens with zero attached hydrogens (tertiary/aromatic N) is 1. The molecule has 0 saturated carbocycles. The fourth-order valence-electron chi connectivity index (χ4n) is 1.59. The highest BCUT2D eigenvalue weighted by atomic mass is 79.9. The van der Waals surface area contributed by atoms with Crippen molar-refractivity contribution in [3.8, 4) is 0 Å². The standard InChI is InChI=1S/C13H13BrN2O2/c1-8-4-3-5-11(12(8)14)13(17)15-7-10-6-9(2)16-18-10/h3-6H,7H2,1-2H3,(H,15,17). The van der Waals surface area contributed by atoms with Crippen LogP contribution in [0.25, 0.3) is 0 Å². The summed E-state index contributed by atoms with van der Waals surface area (Å²) in [6.07, 6.45) is 0. The summed E-state index contributed by atoms with van der Waals surface area (Å²) in [4.78, 5) is 12.0. The minimum atomic E-state index is -0.139. The van der Waals surface area contributed by atoms with E-state index in [9.17, 15) is 4.79 Å². The highest BCUT2D eigenvalue weighted by Gasteiger charge is 2.11. The van der Waals surface area contributed by atoms with Crippen molar-refractivity contribution in [1.82, 2.24) is 10.5 Å². The van der Waals surface area contributed by atoms with E-state index in [2.05, 4.69) is 26.4 Å². The van der Waals surface area contributed by atoms with Gasteiger partial charge in [-0.3, -0.25) is 4.79 Å². The van der Waals surface area contributed by atoms with Gasteiger partial charge in [0.25, 0.3) is 5.91 Å². The number of hydrogen-bond donors (Lipinski definition) is 1. The van der Waals surface area contributed by atoms with E-state index < -0.39 is 0 Å². The van der Waals surface area contributed by atoms with Crippen LogP contribution < -0.4 is 5.32 Å². The molecule has 94 valence electrons. The number of aromatic nitrogens is 1. The molecule has 1 aromatic heterocycles. The van der Waals surface area contributed by atoms with Gasteiger partial charge in [-0.15, -0.1) is 0 Å². The van der Waals surface area contributed by atoms with Crippen molar-refractivity contribution >= 4 is 21.8 Å². The Kier molecular flexibility index (Phi) is 3.81. The van der Waals surface area contributed by atoms with Gasteiger partial charge < -0.3 is 9.84 Å². The first-order chi connectivity index (χ1) is 8.58. The molecule has 0 saturated heterocycles. The van der Waals surface area contributed by atoms with E-state index in [1.165, 1.54) is 0 Å². The lowest BCUT2D eigenvalue weighted by atomic mass is 10.1. The van der Waals surface area contributed by atoms with Crippen LogP contribution in [0.2, 0.25) is 0 Å². The maximum absolute atomic E-state index is 12.0. The highest BCUT2D eigenvalue weighted by molar-refractivity contribution is 9.10. The maximum Gasteiger partial charge on any atom is 0.252 e. The van der Waals surface area contributed by atoms with E-state index in [0.29, 0.717) is 17.9 Å². The summed E-state index contributed by atoms with van der Waals surface area (Å²) in [7, 11) is 0. The van der Waals surface area contributed by atoms with Crippen LogP contribution in [0.4, 0.5) is 0 Å². The maximum atomic E-state index is 12.0. The monoisotopic (exact) mass is 308 g/mol. The molecule has 5 heteroatoms. The molecule has 0 aliphatic rings. The molecule has 2 aromatic rings. The number of carbonyl (C=O) groups is 1. The number of hydrogen-bond acceptors (Lipinski definition) is 3. The second-order valence-electron chi connectivity index (χ2n) is 4.05. The number of nitrogens with one attached hydrogen (secondary N) is 1. The average molecular weight is 309 g/mol. The van der Waals surface area contributed by atoms with Crippen LogP contribution in [0, 0.1) is 13.8 Å². The summed E-state index contributed by atoms with van der Waals surface area (Å²) in [5.41, 5.74) is 2.44. The normalized spacial score (nSPS) is 10.4. The molecule has 0 unspecified atom stereocenters. The number of amides is 1. The molecule has 0 aliphatic carbocycles. The van der Waals surface area contributed by atoms with Gasteiger partial charge in [-0.2, -0.15) is 0 Å². The summed E-state index contributed by atoms with van der Waals surface area (Å²) in [6, 6.07) is 7.37. The first kappa shape index (κ1) is 12.8. The van der Waals surface area contributed by atoms with Crippen molar-refractivity contribution in [2.45, 2.75) is 20.4 Å². The number of aryl methyl sites for hydroxylation is 2. The van der Waals surface area contributed by atoms with E-state index in [-0.39, 0.29) is 5.91 Å². The molecule has 1 amide bonds. The quantitative estimate of drug-likeness (QED) is 0.948. The van der Waals surface area contributed by atoms with E-state index in [4.69, 9.17) is 4.52 Å². The Hall–Kier alpha value is -1.62. The molecule has 1 heterocycles. The van der Waals surface area contributed by atoms with Crippen LogP contribution in [-0.2, 0) is 6.54 Å². The Morgan fingerprint density at radius 1 is 1.44 bits per heavy atom. The van der Waals surface area contributed by atoms with Gasteiger partial charge >= 0.3 is 0 Å². The largest absolute Gasteiger partial charge is 0.359 e. The molecule has 18 heavy (non-hydrogen) atoms. The van der Waals surface area contributed by atoms with Gasteiger partial charge in [-0.05, 0) is 41.4 Å². The Morgan fingerprint density at radius 2 is 2.22 bits per heavy atom. The predicted octanol–water partition coefficient (Wildman–Crippen LogP) is 2.98. The highest BCUT2D eigenvalue weighted by Crippen LogP contribution is 2.20. The van der Waals surface area contributed by atoms with E-state index in [1.807, 2.05) is 26.0 Å². The molecule has 2 rings (SSSR count). The predicted molar refractivity (Wildman–Crippen MR) is 71.3 cm³/mol. The number of rotatable bonds is 3. The van der Waals surface area contributed by atoms with Crippen molar-refractivity contribution in [1.29, 1.82) is 0 Å². The number of halogens is 1.